The van der Waals surface area contributed by atoms with Crippen LogP contribution in [0.25, 0.3) is 0 Å². The first-order valence-electron chi connectivity index (χ1n) is 6.30. The molecule has 2 unspecified atom stereocenters. The highest BCUT2D eigenvalue weighted by molar-refractivity contribution is 4.75. The maximum atomic E-state index is 5.87. The number of hydrogen-bond donors (Lipinski definition) is 1. The molecular formula is C12H23NO2. The molecule has 0 aromatic carbocycles. The summed E-state index contributed by atoms with van der Waals surface area (Å²) >= 11 is 0. The van der Waals surface area contributed by atoms with Gasteiger partial charge in [-0.25, -0.2) is 0 Å². The maximum absolute atomic E-state index is 5.87. The number of ether oxygens (including phenoxy) is 2. The van der Waals surface area contributed by atoms with Crippen molar-refractivity contribution in [2.75, 3.05) is 20.2 Å². The van der Waals surface area contributed by atoms with Gasteiger partial charge in [0.1, 0.15) is 0 Å². The van der Waals surface area contributed by atoms with E-state index in [1.807, 2.05) is 7.05 Å². The van der Waals surface area contributed by atoms with Crippen molar-refractivity contribution in [1.82, 2.24) is 5.32 Å². The third-order valence-electron chi connectivity index (χ3n) is 3.45. The highest BCUT2D eigenvalue weighted by atomic mass is 16.5. The Labute approximate surface area is 92.5 Å². The van der Waals surface area contributed by atoms with Crippen molar-refractivity contribution in [2.45, 2.75) is 56.8 Å². The van der Waals surface area contributed by atoms with Gasteiger partial charge in [-0.1, -0.05) is 12.8 Å². The van der Waals surface area contributed by atoms with E-state index < -0.39 is 0 Å². The molecule has 2 aliphatic rings. The summed E-state index contributed by atoms with van der Waals surface area (Å²) < 4.78 is 11.7. The van der Waals surface area contributed by atoms with Gasteiger partial charge >= 0.3 is 0 Å². The van der Waals surface area contributed by atoms with Gasteiger partial charge in [0.15, 0.2) is 0 Å². The largest absolute Gasteiger partial charge is 0.376 e. The molecule has 3 heteroatoms. The van der Waals surface area contributed by atoms with Crippen molar-refractivity contribution in [3.8, 4) is 0 Å². The van der Waals surface area contributed by atoms with E-state index in [2.05, 4.69) is 5.32 Å². The third kappa shape index (κ3) is 3.44. The zero-order valence-electron chi connectivity index (χ0n) is 9.71. The molecule has 2 rings (SSSR count). The standard InChI is InChI=1S/C12H23NO2/c1-13-8-11-6-7-12(15-11)9-14-10-4-2-3-5-10/h10-13H,2-9H2,1H3. The average Bonchev–Trinajstić information content (AvgIpc) is 2.85. The molecule has 0 radical (unpaired) electrons. The van der Waals surface area contributed by atoms with Crippen LogP contribution in [0.3, 0.4) is 0 Å². The average molecular weight is 213 g/mol. The lowest BCUT2D eigenvalue weighted by Crippen LogP contribution is -2.26. The van der Waals surface area contributed by atoms with E-state index in [4.69, 9.17) is 9.47 Å². The molecule has 0 amide bonds. The molecule has 15 heavy (non-hydrogen) atoms. The second-order valence-corrected chi connectivity index (χ2v) is 4.75. The van der Waals surface area contributed by atoms with E-state index in [0.717, 1.165) is 13.2 Å². The molecule has 0 aromatic heterocycles. The van der Waals surface area contributed by atoms with Gasteiger partial charge in [-0.3, -0.25) is 0 Å². The van der Waals surface area contributed by atoms with Gasteiger partial charge in [0.05, 0.1) is 24.9 Å². The molecule has 88 valence electrons. The first-order chi connectivity index (χ1) is 7.38. The lowest BCUT2D eigenvalue weighted by atomic mass is 10.2. The fourth-order valence-electron chi connectivity index (χ4n) is 2.58. The van der Waals surface area contributed by atoms with Crippen molar-refractivity contribution in [3.63, 3.8) is 0 Å². The van der Waals surface area contributed by atoms with E-state index in [1.165, 1.54) is 38.5 Å². The Kier molecular flexibility index (Phi) is 4.42. The molecule has 3 nitrogen and oxygen atoms in total. The second-order valence-electron chi connectivity index (χ2n) is 4.75. The van der Waals surface area contributed by atoms with Crippen LogP contribution in [0, 0.1) is 0 Å². The lowest BCUT2D eigenvalue weighted by Gasteiger charge is -2.16. The van der Waals surface area contributed by atoms with Gasteiger partial charge in [-0.05, 0) is 32.7 Å². The van der Waals surface area contributed by atoms with E-state index in [0.29, 0.717) is 18.3 Å². The first-order valence-corrected chi connectivity index (χ1v) is 6.30. The topological polar surface area (TPSA) is 30.5 Å². The van der Waals surface area contributed by atoms with Gasteiger partial charge < -0.3 is 14.8 Å². The van der Waals surface area contributed by atoms with Gasteiger partial charge in [0.25, 0.3) is 0 Å². The van der Waals surface area contributed by atoms with E-state index in [-0.39, 0.29) is 0 Å². The molecule has 0 aromatic rings. The Morgan fingerprint density at radius 1 is 1.13 bits per heavy atom. The predicted molar refractivity (Wildman–Crippen MR) is 60.0 cm³/mol. The van der Waals surface area contributed by atoms with Gasteiger partial charge in [0, 0.05) is 6.54 Å². The highest BCUT2D eigenvalue weighted by Gasteiger charge is 2.26. The zero-order chi connectivity index (χ0) is 10.5. The van der Waals surface area contributed by atoms with Crippen molar-refractivity contribution >= 4 is 0 Å². The van der Waals surface area contributed by atoms with Crippen LogP contribution in [0.5, 0.6) is 0 Å². The molecule has 1 heterocycles. The van der Waals surface area contributed by atoms with E-state index in [1.54, 1.807) is 0 Å². The van der Waals surface area contributed by atoms with Crippen molar-refractivity contribution in [2.24, 2.45) is 0 Å². The summed E-state index contributed by atoms with van der Waals surface area (Å²) in [5.74, 6) is 0. The SMILES string of the molecule is CNCC1CCC(COC2CCCC2)O1. The molecule has 2 atom stereocenters. The van der Waals surface area contributed by atoms with Crippen molar-refractivity contribution in [1.29, 1.82) is 0 Å². The monoisotopic (exact) mass is 213 g/mol. The van der Waals surface area contributed by atoms with Crippen molar-refractivity contribution < 1.29 is 9.47 Å². The molecule has 1 saturated heterocycles. The maximum Gasteiger partial charge on any atom is 0.0814 e. The zero-order valence-corrected chi connectivity index (χ0v) is 9.71. The minimum absolute atomic E-state index is 0.351. The summed E-state index contributed by atoms with van der Waals surface area (Å²) in [5, 5.41) is 3.16. The summed E-state index contributed by atoms with van der Waals surface area (Å²) in [6.07, 6.45) is 8.84. The van der Waals surface area contributed by atoms with Gasteiger partial charge in [0.2, 0.25) is 0 Å². The molecule has 1 saturated carbocycles. The van der Waals surface area contributed by atoms with Crippen LogP contribution in [0.2, 0.25) is 0 Å². The second kappa shape index (κ2) is 5.83. The van der Waals surface area contributed by atoms with Crippen molar-refractivity contribution in [3.05, 3.63) is 0 Å². The van der Waals surface area contributed by atoms with Crippen LogP contribution in [0.15, 0.2) is 0 Å². The molecular weight excluding hydrogens is 190 g/mol. The Balaban J connectivity index is 1.59. The van der Waals surface area contributed by atoms with Crippen LogP contribution >= 0.6 is 0 Å². The minimum atomic E-state index is 0.351. The van der Waals surface area contributed by atoms with Crippen LogP contribution in [0.4, 0.5) is 0 Å². The number of hydrogen-bond acceptors (Lipinski definition) is 3. The molecule has 0 spiro atoms. The normalized spacial score (nSPS) is 32.6. The molecule has 0 bridgehead atoms. The third-order valence-corrected chi connectivity index (χ3v) is 3.45. The number of rotatable bonds is 5. The quantitative estimate of drug-likeness (QED) is 0.754. The summed E-state index contributed by atoms with van der Waals surface area (Å²) in [6.45, 7) is 1.78. The predicted octanol–water partition coefficient (Wildman–Crippen LogP) is 1.71. The van der Waals surface area contributed by atoms with Crippen LogP contribution in [-0.2, 0) is 9.47 Å². The fourth-order valence-corrected chi connectivity index (χ4v) is 2.58. The summed E-state index contributed by atoms with van der Waals surface area (Å²) in [6, 6.07) is 0. The lowest BCUT2D eigenvalue weighted by molar-refractivity contribution is -0.0385. The summed E-state index contributed by atoms with van der Waals surface area (Å²) in [5.41, 5.74) is 0. The number of likely N-dealkylation sites (N-methyl/N-ethyl adjacent to an activating group) is 1. The smallest absolute Gasteiger partial charge is 0.0814 e. The highest BCUT2D eigenvalue weighted by Crippen LogP contribution is 2.24. The number of nitrogens with one attached hydrogen (secondary N) is 1. The first kappa shape index (κ1) is 11.4. The van der Waals surface area contributed by atoms with Gasteiger partial charge in [-0.15, -0.1) is 0 Å². The fraction of sp³-hybridized carbons (Fsp3) is 1.00. The molecule has 1 aliphatic carbocycles. The Hall–Kier alpha value is -0.120. The minimum Gasteiger partial charge on any atom is -0.376 e. The molecule has 1 aliphatic heterocycles. The molecule has 1 N–H and O–H groups in total. The van der Waals surface area contributed by atoms with Gasteiger partial charge in [-0.2, -0.15) is 0 Å². The Bertz CT molecular complexity index is 180. The van der Waals surface area contributed by atoms with Crippen LogP contribution in [-0.4, -0.2) is 38.5 Å². The Morgan fingerprint density at radius 2 is 1.87 bits per heavy atom. The Morgan fingerprint density at radius 3 is 2.60 bits per heavy atom. The summed E-state index contributed by atoms with van der Waals surface area (Å²) in [4.78, 5) is 0. The van der Waals surface area contributed by atoms with Crippen LogP contribution < -0.4 is 5.32 Å². The van der Waals surface area contributed by atoms with E-state index in [9.17, 15) is 0 Å². The molecule has 2 fully saturated rings. The van der Waals surface area contributed by atoms with E-state index >= 15 is 0 Å². The van der Waals surface area contributed by atoms with Crippen LogP contribution in [0.1, 0.15) is 38.5 Å². The summed E-state index contributed by atoms with van der Waals surface area (Å²) in [7, 11) is 1.98.